The second-order valence-electron chi connectivity index (χ2n) is 3.93. The first-order valence-corrected chi connectivity index (χ1v) is 5.62. The number of benzene rings is 1. The number of aliphatic imine (C=N–C) groups is 1. The quantitative estimate of drug-likeness (QED) is 0.470. The van der Waals surface area contributed by atoms with Gasteiger partial charge in [0.15, 0.2) is 0 Å². The molecule has 0 aliphatic heterocycles. The maximum absolute atomic E-state index is 11.9. The summed E-state index contributed by atoms with van der Waals surface area (Å²) in [6.45, 7) is 2.65. The van der Waals surface area contributed by atoms with Gasteiger partial charge < -0.3 is 10.5 Å². The Kier molecular flexibility index (Phi) is 5.63. The number of hydrogen-bond donors (Lipinski definition) is 1. The van der Waals surface area contributed by atoms with Gasteiger partial charge in [-0.2, -0.15) is 0 Å². The van der Waals surface area contributed by atoms with Gasteiger partial charge in [-0.25, -0.2) is 0 Å². The van der Waals surface area contributed by atoms with Crippen LogP contribution >= 0.6 is 0 Å². The second-order valence-corrected chi connectivity index (χ2v) is 3.93. The zero-order chi connectivity index (χ0) is 12.7. The average Bonchev–Trinajstić information content (AvgIpc) is 2.31. The molecule has 1 aromatic carbocycles. The monoisotopic (exact) mass is 238 g/mol. The third-order valence-electron chi connectivity index (χ3n) is 2.44. The molecular weight excluding hydrogens is 219 g/mol. The molecule has 4 heteroatoms. The lowest BCUT2D eigenvalue weighted by Gasteiger charge is -2.08. The van der Waals surface area contributed by atoms with Crippen LogP contribution in [0.25, 0.3) is 0 Å². The molecule has 17 heavy (non-hydrogen) atoms. The van der Waals surface area contributed by atoms with E-state index in [1.807, 2.05) is 19.1 Å². The van der Waals surface area contributed by atoms with E-state index in [0.717, 1.165) is 16.7 Å². The topological polar surface area (TPSA) is 47.6 Å². The molecule has 94 valence electrons. The number of alkyl halides is 1. The third kappa shape index (κ3) is 4.15. The minimum atomic E-state index is -0.338. The summed E-state index contributed by atoms with van der Waals surface area (Å²) in [5.74, 6) is 0. The SMILES string of the molecule is COCc1cc(C)c(N)c(C=NCCCF)c1. The average molecular weight is 238 g/mol. The van der Waals surface area contributed by atoms with Crippen molar-refractivity contribution in [3.63, 3.8) is 0 Å². The van der Waals surface area contributed by atoms with E-state index in [-0.39, 0.29) is 6.67 Å². The van der Waals surface area contributed by atoms with Crippen LogP contribution in [0.15, 0.2) is 17.1 Å². The van der Waals surface area contributed by atoms with Crippen LogP contribution in [0.1, 0.15) is 23.1 Å². The van der Waals surface area contributed by atoms with Crippen molar-refractivity contribution in [2.24, 2.45) is 4.99 Å². The van der Waals surface area contributed by atoms with Crippen molar-refractivity contribution < 1.29 is 9.13 Å². The Morgan fingerprint density at radius 3 is 2.88 bits per heavy atom. The van der Waals surface area contributed by atoms with E-state index < -0.39 is 0 Å². The molecule has 2 N–H and O–H groups in total. The molecule has 0 heterocycles. The summed E-state index contributed by atoms with van der Waals surface area (Å²) in [5.41, 5.74) is 9.61. The number of nitrogens with zero attached hydrogens (tertiary/aromatic N) is 1. The predicted octanol–water partition coefficient (Wildman–Crippen LogP) is 2.50. The summed E-state index contributed by atoms with van der Waals surface area (Å²) in [6.07, 6.45) is 2.16. The fourth-order valence-corrected chi connectivity index (χ4v) is 1.57. The van der Waals surface area contributed by atoms with Crippen LogP contribution in [0.3, 0.4) is 0 Å². The first-order chi connectivity index (χ1) is 8.19. The normalized spacial score (nSPS) is 11.2. The van der Waals surface area contributed by atoms with E-state index >= 15 is 0 Å². The molecular formula is C13H19FN2O. The second kappa shape index (κ2) is 7.01. The van der Waals surface area contributed by atoms with Gasteiger partial charge in [-0.05, 0) is 30.5 Å². The summed E-state index contributed by atoms with van der Waals surface area (Å²) in [5, 5.41) is 0. The molecule has 0 unspecified atom stereocenters. The van der Waals surface area contributed by atoms with Crippen LogP contribution in [-0.4, -0.2) is 26.5 Å². The Bertz CT molecular complexity index is 391. The Labute approximate surface area is 102 Å². The molecule has 0 aliphatic carbocycles. The van der Waals surface area contributed by atoms with Crippen molar-refractivity contribution >= 4 is 11.9 Å². The van der Waals surface area contributed by atoms with Gasteiger partial charge in [-0.15, -0.1) is 0 Å². The largest absolute Gasteiger partial charge is 0.398 e. The molecule has 0 bridgehead atoms. The molecule has 3 nitrogen and oxygen atoms in total. The first kappa shape index (κ1) is 13.6. The number of hydrogen-bond acceptors (Lipinski definition) is 3. The number of anilines is 1. The fraction of sp³-hybridized carbons (Fsp3) is 0.462. The maximum Gasteiger partial charge on any atom is 0.0912 e. The smallest absolute Gasteiger partial charge is 0.0912 e. The van der Waals surface area contributed by atoms with Gasteiger partial charge in [-0.1, -0.05) is 6.07 Å². The Balaban J connectivity index is 2.85. The highest BCUT2D eigenvalue weighted by atomic mass is 19.1. The lowest BCUT2D eigenvalue weighted by Crippen LogP contribution is -2.00. The van der Waals surface area contributed by atoms with Crippen molar-refractivity contribution in [2.45, 2.75) is 20.0 Å². The molecule has 0 saturated carbocycles. The molecule has 0 atom stereocenters. The number of nitrogen functional groups attached to an aromatic ring is 1. The van der Waals surface area contributed by atoms with Crippen molar-refractivity contribution in [1.82, 2.24) is 0 Å². The highest BCUT2D eigenvalue weighted by molar-refractivity contribution is 5.88. The summed E-state index contributed by atoms with van der Waals surface area (Å²) in [4.78, 5) is 4.15. The van der Waals surface area contributed by atoms with Crippen molar-refractivity contribution in [3.05, 3.63) is 28.8 Å². The third-order valence-corrected chi connectivity index (χ3v) is 2.44. The zero-order valence-corrected chi connectivity index (χ0v) is 10.4. The Hall–Kier alpha value is -1.42. The van der Waals surface area contributed by atoms with Crippen LogP contribution in [0, 0.1) is 6.92 Å². The van der Waals surface area contributed by atoms with Crippen LogP contribution in [0.4, 0.5) is 10.1 Å². The molecule has 0 amide bonds. The minimum absolute atomic E-state index is 0.338. The van der Waals surface area contributed by atoms with E-state index in [0.29, 0.717) is 25.3 Å². The first-order valence-electron chi connectivity index (χ1n) is 5.62. The molecule has 1 rings (SSSR count). The van der Waals surface area contributed by atoms with Gasteiger partial charge in [0.05, 0.1) is 13.3 Å². The Morgan fingerprint density at radius 1 is 1.47 bits per heavy atom. The number of methoxy groups -OCH3 is 1. The fourth-order valence-electron chi connectivity index (χ4n) is 1.57. The molecule has 0 spiro atoms. The predicted molar refractivity (Wildman–Crippen MR) is 69.4 cm³/mol. The van der Waals surface area contributed by atoms with Gasteiger partial charge in [0, 0.05) is 31.1 Å². The molecule has 0 radical (unpaired) electrons. The van der Waals surface area contributed by atoms with Crippen LogP contribution < -0.4 is 5.73 Å². The summed E-state index contributed by atoms with van der Waals surface area (Å²) >= 11 is 0. The Morgan fingerprint density at radius 2 is 2.24 bits per heavy atom. The van der Waals surface area contributed by atoms with E-state index in [1.54, 1.807) is 13.3 Å². The number of ether oxygens (including phenoxy) is 1. The summed E-state index contributed by atoms with van der Waals surface area (Å²) in [7, 11) is 1.65. The van der Waals surface area contributed by atoms with Gasteiger partial charge in [-0.3, -0.25) is 9.38 Å². The molecule has 1 aromatic rings. The summed E-state index contributed by atoms with van der Waals surface area (Å²) < 4.78 is 17.0. The number of aryl methyl sites for hydroxylation is 1. The lowest BCUT2D eigenvalue weighted by atomic mass is 10.0. The molecule has 0 saturated heterocycles. The van der Waals surface area contributed by atoms with Crippen molar-refractivity contribution in [3.8, 4) is 0 Å². The van der Waals surface area contributed by atoms with Crippen molar-refractivity contribution in [2.75, 3.05) is 26.1 Å². The van der Waals surface area contributed by atoms with E-state index in [9.17, 15) is 4.39 Å². The number of rotatable bonds is 6. The van der Waals surface area contributed by atoms with Crippen molar-refractivity contribution in [1.29, 1.82) is 0 Å². The zero-order valence-electron chi connectivity index (χ0n) is 10.4. The number of nitrogens with two attached hydrogens (primary N) is 1. The highest BCUT2D eigenvalue weighted by Crippen LogP contribution is 2.18. The minimum Gasteiger partial charge on any atom is -0.398 e. The standard InChI is InChI=1S/C13H19FN2O/c1-10-6-11(9-17-2)7-12(13(10)15)8-16-5-3-4-14/h6-8H,3-5,9,15H2,1-2H3. The highest BCUT2D eigenvalue weighted by Gasteiger charge is 2.03. The van der Waals surface area contributed by atoms with Crippen LogP contribution in [0.2, 0.25) is 0 Å². The number of halogens is 1. The van der Waals surface area contributed by atoms with Gasteiger partial charge in [0.1, 0.15) is 0 Å². The van der Waals surface area contributed by atoms with Gasteiger partial charge >= 0.3 is 0 Å². The van der Waals surface area contributed by atoms with E-state index in [4.69, 9.17) is 10.5 Å². The molecule has 0 aromatic heterocycles. The summed E-state index contributed by atoms with van der Waals surface area (Å²) in [6, 6.07) is 3.95. The van der Waals surface area contributed by atoms with E-state index in [2.05, 4.69) is 4.99 Å². The molecule has 0 aliphatic rings. The lowest BCUT2D eigenvalue weighted by molar-refractivity contribution is 0.185. The van der Waals surface area contributed by atoms with Crippen LogP contribution in [-0.2, 0) is 11.3 Å². The maximum atomic E-state index is 11.9. The van der Waals surface area contributed by atoms with E-state index in [1.165, 1.54) is 0 Å². The molecule has 0 fully saturated rings. The van der Waals surface area contributed by atoms with Gasteiger partial charge in [0.2, 0.25) is 0 Å². The van der Waals surface area contributed by atoms with Gasteiger partial charge in [0.25, 0.3) is 0 Å². The van der Waals surface area contributed by atoms with Crippen LogP contribution in [0.5, 0.6) is 0 Å².